The number of methoxy groups -OCH3 is 1. The molecular formula is C12H14N2O5. The van der Waals surface area contributed by atoms with E-state index in [2.05, 4.69) is 4.74 Å². The van der Waals surface area contributed by atoms with E-state index in [0.29, 0.717) is 5.56 Å². The number of carbonyl (C=O) groups is 2. The Bertz CT molecular complexity index is 527. The standard InChI is InChI=1S/C12H14N2O5/c1-8-5-4-6-9(14(17)18)11(8)12(16)13(2)7-10(15)19-3/h4-6H,7H2,1-3H3. The summed E-state index contributed by atoms with van der Waals surface area (Å²) in [5.41, 5.74) is 0.191. The first-order valence-corrected chi connectivity index (χ1v) is 5.44. The summed E-state index contributed by atoms with van der Waals surface area (Å²) in [5.74, 6) is -1.18. The number of nitro groups is 1. The predicted octanol–water partition coefficient (Wildman–Crippen LogP) is 1.15. The second kappa shape index (κ2) is 5.94. The van der Waals surface area contributed by atoms with Gasteiger partial charge in [-0.2, -0.15) is 0 Å². The quantitative estimate of drug-likeness (QED) is 0.463. The van der Waals surface area contributed by atoms with E-state index in [-0.39, 0.29) is 17.8 Å². The summed E-state index contributed by atoms with van der Waals surface area (Å²) >= 11 is 0. The van der Waals surface area contributed by atoms with Crippen LogP contribution in [0.4, 0.5) is 5.69 Å². The first kappa shape index (κ1) is 14.6. The van der Waals surface area contributed by atoms with Crippen molar-refractivity contribution in [2.75, 3.05) is 20.7 Å². The molecule has 0 aliphatic heterocycles. The Hall–Kier alpha value is -2.44. The molecule has 1 amide bonds. The molecular weight excluding hydrogens is 252 g/mol. The summed E-state index contributed by atoms with van der Waals surface area (Å²) < 4.78 is 4.45. The summed E-state index contributed by atoms with van der Waals surface area (Å²) in [6.45, 7) is 1.34. The topological polar surface area (TPSA) is 89.8 Å². The third-order valence-electron chi connectivity index (χ3n) is 2.60. The smallest absolute Gasteiger partial charge is 0.325 e. The van der Waals surface area contributed by atoms with Crippen molar-refractivity contribution in [2.24, 2.45) is 0 Å². The van der Waals surface area contributed by atoms with Crippen LogP contribution in [-0.2, 0) is 9.53 Å². The van der Waals surface area contributed by atoms with Crippen molar-refractivity contribution >= 4 is 17.6 Å². The maximum atomic E-state index is 12.2. The highest BCUT2D eigenvalue weighted by atomic mass is 16.6. The minimum atomic E-state index is -0.619. The van der Waals surface area contributed by atoms with Crippen molar-refractivity contribution < 1.29 is 19.2 Å². The van der Waals surface area contributed by atoms with Gasteiger partial charge < -0.3 is 9.64 Å². The molecule has 7 nitrogen and oxygen atoms in total. The Morgan fingerprint density at radius 3 is 2.58 bits per heavy atom. The molecule has 0 aromatic heterocycles. The van der Waals surface area contributed by atoms with E-state index in [0.717, 1.165) is 4.90 Å². The van der Waals surface area contributed by atoms with Gasteiger partial charge in [0.15, 0.2) is 0 Å². The highest BCUT2D eigenvalue weighted by Gasteiger charge is 2.25. The number of nitrogens with zero attached hydrogens (tertiary/aromatic N) is 2. The largest absolute Gasteiger partial charge is 0.468 e. The molecule has 0 saturated carbocycles. The van der Waals surface area contributed by atoms with E-state index < -0.39 is 16.8 Å². The molecule has 0 atom stereocenters. The Kier molecular flexibility index (Phi) is 4.57. The molecule has 0 saturated heterocycles. The molecule has 0 aliphatic rings. The molecule has 0 aliphatic carbocycles. The van der Waals surface area contributed by atoms with Crippen LogP contribution < -0.4 is 0 Å². The Morgan fingerprint density at radius 1 is 1.42 bits per heavy atom. The number of ether oxygens (including phenoxy) is 1. The minimum absolute atomic E-state index is 0.0149. The maximum absolute atomic E-state index is 12.2. The summed E-state index contributed by atoms with van der Waals surface area (Å²) in [6, 6.07) is 4.36. The maximum Gasteiger partial charge on any atom is 0.325 e. The zero-order valence-corrected chi connectivity index (χ0v) is 10.9. The third kappa shape index (κ3) is 3.27. The second-order valence-corrected chi connectivity index (χ2v) is 3.96. The van der Waals surface area contributed by atoms with Crippen LogP contribution in [0, 0.1) is 17.0 Å². The van der Waals surface area contributed by atoms with Gasteiger partial charge >= 0.3 is 5.97 Å². The molecule has 0 spiro atoms. The number of amides is 1. The molecule has 0 N–H and O–H groups in total. The minimum Gasteiger partial charge on any atom is -0.468 e. The lowest BCUT2D eigenvalue weighted by Crippen LogP contribution is -2.33. The van der Waals surface area contributed by atoms with Gasteiger partial charge in [-0.25, -0.2) is 0 Å². The highest BCUT2D eigenvalue weighted by Crippen LogP contribution is 2.23. The average Bonchev–Trinajstić information content (AvgIpc) is 2.37. The average molecular weight is 266 g/mol. The number of hydrogen-bond donors (Lipinski definition) is 0. The van der Waals surface area contributed by atoms with Crippen molar-refractivity contribution in [2.45, 2.75) is 6.92 Å². The second-order valence-electron chi connectivity index (χ2n) is 3.96. The zero-order chi connectivity index (χ0) is 14.6. The number of hydrogen-bond acceptors (Lipinski definition) is 5. The molecule has 1 rings (SSSR count). The van der Waals surface area contributed by atoms with Crippen molar-refractivity contribution in [3.05, 3.63) is 39.4 Å². The Labute approximate surface area is 109 Å². The van der Waals surface area contributed by atoms with E-state index in [1.807, 2.05) is 0 Å². The first-order valence-electron chi connectivity index (χ1n) is 5.44. The van der Waals surface area contributed by atoms with Crippen molar-refractivity contribution in [1.82, 2.24) is 4.90 Å². The van der Waals surface area contributed by atoms with Crippen LogP contribution in [0.2, 0.25) is 0 Å². The monoisotopic (exact) mass is 266 g/mol. The van der Waals surface area contributed by atoms with Gasteiger partial charge in [0.25, 0.3) is 11.6 Å². The third-order valence-corrected chi connectivity index (χ3v) is 2.60. The van der Waals surface area contributed by atoms with E-state index in [4.69, 9.17) is 0 Å². The summed E-state index contributed by atoms with van der Waals surface area (Å²) in [5, 5.41) is 10.9. The molecule has 0 bridgehead atoms. The van der Waals surface area contributed by atoms with Crippen LogP contribution in [0.3, 0.4) is 0 Å². The molecule has 19 heavy (non-hydrogen) atoms. The Morgan fingerprint density at radius 2 is 2.05 bits per heavy atom. The first-order chi connectivity index (χ1) is 8.88. The van der Waals surface area contributed by atoms with Gasteiger partial charge in [-0.1, -0.05) is 12.1 Å². The summed E-state index contributed by atoms with van der Waals surface area (Å²) in [7, 11) is 2.59. The van der Waals surface area contributed by atoms with E-state index >= 15 is 0 Å². The molecule has 1 aromatic rings. The van der Waals surface area contributed by atoms with Crippen LogP contribution in [0.1, 0.15) is 15.9 Å². The fourth-order valence-electron chi connectivity index (χ4n) is 1.60. The molecule has 0 unspecified atom stereocenters. The number of likely N-dealkylation sites (N-methyl/N-ethyl adjacent to an activating group) is 1. The number of aryl methyl sites for hydroxylation is 1. The van der Waals surface area contributed by atoms with Crippen LogP contribution in [0.15, 0.2) is 18.2 Å². The SMILES string of the molecule is COC(=O)CN(C)C(=O)c1c(C)cccc1[N+](=O)[O-]. The van der Waals surface area contributed by atoms with E-state index in [1.54, 1.807) is 13.0 Å². The molecule has 0 heterocycles. The van der Waals surface area contributed by atoms with Gasteiger partial charge in [0.2, 0.25) is 0 Å². The zero-order valence-electron chi connectivity index (χ0n) is 10.9. The van der Waals surface area contributed by atoms with Crippen molar-refractivity contribution in [1.29, 1.82) is 0 Å². The number of esters is 1. The fourth-order valence-corrected chi connectivity index (χ4v) is 1.60. The molecule has 102 valence electrons. The molecule has 0 fully saturated rings. The highest BCUT2D eigenvalue weighted by molar-refractivity contribution is 6.00. The summed E-state index contributed by atoms with van der Waals surface area (Å²) in [6.07, 6.45) is 0. The van der Waals surface area contributed by atoms with Gasteiger partial charge in [-0.3, -0.25) is 19.7 Å². The van der Waals surface area contributed by atoms with E-state index in [1.165, 1.54) is 26.3 Å². The normalized spacial score (nSPS) is 9.84. The number of rotatable bonds is 4. The van der Waals surface area contributed by atoms with Crippen LogP contribution in [0.25, 0.3) is 0 Å². The van der Waals surface area contributed by atoms with Gasteiger partial charge in [0.05, 0.1) is 12.0 Å². The van der Waals surface area contributed by atoms with E-state index in [9.17, 15) is 19.7 Å². The lowest BCUT2D eigenvalue weighted by Gasteiger charge is -2.16. The number of carbonyl (C=O) groups excluding carboxylic acids is 2. The predicted molar refractivity (Wildman–Crippen MR) is 66.8 cm³/mol. The molecule has 0 radical (unpaired) electrons. The number of benzene rings is 1. The lowest BCUT2D eigenvalue weighted by molar-refractivity contribution is -0.385. The van der Waals surface area contributed by atoms with Crippen LogP contribution >= 0.6 is 0 Å². The van der Waals surface area contributed by atoms with Crippen molar-refractivity contribution in [3.63, 3.8) is 0 Å². The lowest BCUT2D eigenvalue weighted by atomic mass is 10.1. The van der Waals surface area contributed by atoms with Gasteiger partial charge in [-0.15, -0.1) is 0 Å². The fraction of sp³-hybridized carbons (Fsp3) is 0.333. The van der Waals surface area contributed by atoms with Gasteiger partial charge in [0, 0.05) is 13.1 Å². The Balaban J connectivity index is 3.12. The van der Waals surface area contributed by atoms with Gasteiger partial charge in [0.1, 0.15) is 12.1 Å². The van der Waals surface area contributed by atoms with Crippen LogP contribution in [0.5, 0.6) is 0 Å². The number of nitro benzene ring substituents is 1. The molecule has 7 heteroatoms. The van der Waals surface area contributed by atoms with Crippen molar-refractivity contribution in [3.8, 4) is 0 Å². The van der Waals surface area contributed by atoms with Crippen LogP contribution in [-0.4, -0.2) is 42.4 Å². The summed E-state index contributed by atoms with van der Waals surface area (Å²) in [4.78, 5) is 34.7. The molecule has 1 aromatic carbocycles. The van der Waals surface area contributed by atoms with Gasteiger partial charge in [-0.05, 0) is 12.5 Å².